The summed E-state index contributed by atoms with van der Waals surface area (Å²) in [6, 6.07) is 6.55. The molecular formula is C12H15F2NO3. The van der Waals surface area contributed by atoms with E-state index in [0.717, 1.165) is 5.56 Å². The molecule has 4 nitrogen and oxygen atoms in total. The summed E-state index contributed by atoms with van der Waals surface area (Å²) in [5, 5.41) is 2.62. The molecule has 0 unspecified atom stereocenters. The fourth-order valence-corrected chi connectivity index (χ4v) is 1.27. The highest BCUT2D eigenvalue weighted by Gasteiger charge is 2.04. The van der Waals surface area contributed by atoms with Crippen LogP contribution in [0.2, 0.25) is 0 Å². The fourth-order valence-electron chi connectivity index (χ4n) is 1.27. The van der Waals surface area contributed by atoms with Gasteiger partial charge in [0, 0.05) is 6.54 Å². The number of hydrogen-bond donors (Lipinski definition) is 1. The van der Waals surface area contributed by atoms with Gasteiger partial charge < -0.3 is 14.8 Å². The number of aryl methyl sites for hydroxylation is 1. The zero-order valence-corrected chi connectivity index (χ0v) is 9.99. The average Bonchev–Trinajstić information content (AvgIpc) is 2.30. The van der Waals surface area contributed by atoms with Gasteiger partial charge in [-0.05, 0) is 24.6 Å². The average molecular weight is 259 g/mol. The van der Waals surface area contributed by atoms with Gasteiger partial charge in [0.1, 0.15) is 12.4 Å². The Hall–Kier alpha value is -1.69. The maximum Gasteiger partial charge on any atom is 0.387 e. The topological polar surface area (TPSA) is 47.6 Å². The molecule has 1 aliphatic heterocycles. The van der Waals surface area contributed by atoms with Crippen molar-refractivity contribution in [1.82, 2.24) is 5.32 Å². The third kappa shape index (κ3) is 6.15. The molecule has 18 heavy (non-hydrogen) atoms. The van der Waals surface area contributed by atoms with Crippen LogP contribution in [0.15, 0.2) is 24.3 Å². The second kappa shape index (κ2) is 7.60. The molecule has 6 heteroatoms. The molecule has 100 valence electrons. The number of alkyl halides is 2. The van der Waals surface area contributed by atoms with Gasteiger partial charge in [0.25, 0.3) is 0 Å². The molecule has 1 aromatic rings. The predicted octanol–water partition coefficient (Wildman–Crippen LogP) is 1.73. The highest BCUT2D eigenvalue weighted by molar-refractivity contribution is 5.77. The molecule has 1 aliphatic rings. The zero-order valence-electron chi connectivity index (χ0n) is 9.99. The molecule has 0 atom stereocenters. The van der Waals surface area contributed by atoms with Crippen molar-refractivity contribution in [2.24, 2.45) is 0 Å². The molecule has 1 amide bonds. The summed E-state index contributed by atoms with van der Waals surface area (Å²) in [5.74, 6) is 0.200. The molecule has 0 aliphatic carbocycles. The van der Waals surface area contributed by atoms with Gasteiger partial charge in [-0.1, -0.05) is 12.1 Å². The Morgan fingerprint density at radius 1 is 1.44 bits per heavy atom. The minimum absolute atomic E-state index is 0.00810. The van der Waals surface area contributed by atoms with Crippen LogP contribution < -0.4 is 10.1 Å². The van der Waals surface area contributed by atoms with Crippen molar-refractivity contribution in [2.75, 3.05) is 19.8 Å². The second-order valence-corrected chi connectivity index (χ2v) is 3.60. The van der Waals surface area contributed by atoms with E-state index in [1.54, 1.807) is 12.1 Å². The molecule has 0 radical (unpaired) electrons. The van der Waals surface area contributed by atoms with Crippen molar-refractivity contribution >= 4 is 5.91 Å². The lowest BCUT2D eigenvalue weighted by Crippen LogP contribution is -2.36. The zero-order chi connectivity index (χ0) is 13.4. The smallest absolute Gasteiger partial charge is 0.387 e. The number of amides is 1. The standard InChI is InChI=1S/C8H8F2O.C4H7NO2/c1-6-3-2-4-7(5-6)11-8(9)10;6-4-3-7-2-1-5-4/h2-5,8H,1H3;1-3H2,(H,5,6). The first-order valence-electron chi connectivity index (χ1n) is 5.44. The summed E-state index contributed by atoms with van der Waals surface area (Å²) in [5.41, 5.74) is 0.906. The maximum atomic E-state index is 11.6. The van der Waals surface area contributed by atoms with Gasteiger partial charge in [-0.15, -0.1) is 0 Å². The molecule has 1 heterocycles. The van der Waals surface area contributed by atoms with Crippen LogP contribution in [0.1, 0.15) is 5.56 Å². The van der Waals surface area contributed by atoms with Gasteiger partial charge in [0.15, 0.2) is 0 Å². The number of rotatable bonds is 2. The first kappa shape index (κ1) is 14.4. The van der Waals surface area contributed by atoms with Crippen molar-refractivity contribution in [3.63, 3.8) is 0 Å². The molecule has 0 bridgehead atoms. The third-order valence-corrected chi connectivity index (χ3v) is 2.02. The summed E-state index contributed by atoms with van der Waals surface area (Å²) in [7, 11) is 0. The third-order valence-electron chi connectivity index (χ3n) is 2.02. The highest BCUT2D eigenvalue weighted by atomic mass is 19.3. The number of morpholine rings is 1. The molecule has 2 rings (SSSR count). The Morgan fingerprint density at radius 2 is 2.22 bits per heavy atom. The van der Waals surface area contributed by atoms with Gasteiger partial charge in [0.2, 0.25) is 5.91 Å². The first-order chi connectivity index (χ1) is 8.58. The van der Waals surface area contributed by atoms with Gasteiger partial charge in [-0.3, -0.25) is 4.79 Å². The quantitative estimate of drug-likeness (QED) is 0.879. The van der Waals surface area contributed by atoms with E-state index in [2.05, 4.69) is 10.1 Å². The number of carbonyl (C=O) groups is 1. The molecule has 0 spiro atoms. The number of carbonyl (C=O) groups excluding carboxylic acids is 1. The summed E-state index contributed by atoms with van der Waals surface area (Å²) in [6.07, 6.45) is 0. The maximum absolute atomic E-state index is 11.6. The minimum atomic E-state index is -2.74. The number of hydrogen-bond acceptors (Lipinski definition) is 3. The molecule has 0 saturated carbocycles. The first-order valence-corrected chi connectivity index (χ1v) is 5.44. The van der Waals surface area contributed by atoms with E-state index in [9.17, 15) is 13.6 Å². The van der Waals surface area contributed by atoms with E-state index >= 15 is 0 Å². The van der Waals surface area contributed by atoms with Crippen LogP contribution in [0.4, 0.5) is 8.78 Å². The molecule has 1 aromatic carbocycles. The van der Waals surface area contributed by atoms with Gasteiger partial charge in [0.05, 0.1) is 6.61 Å². The summed E-state index contributed by atoms with van der Waals surface area (Å²) >= 11 is 0. The van der Waals surface area contributed by atoms with Crippen LogP contribution in [0.25, 0.3) is 0 Å². The molecular weight excluding hydrogens is 244 g/mol. The van der Waals surface area contributed by atoms with Crippen LogP contribution in [0.5, 0.6) is 5.75 Å². The fraction of sp³-hybridized carbons (Fsp3) is 0.417. The largest absolute Gasteiger partial charge is 0.435 e. The normalized spacial score (nSPS) is 14.6. The van der Waals surface area contributed by atoms with E-state index in [1.807, 2.05) is 13.0 Å². The lowest BCUT2D eigenvalue weighted by molar-refractivity contribution is -0.128. The number of benzene rings is 1. The van der Waals surface area contributed by atoms with E-state index in [4.69, 9.17) is 4.74 Å². The van der Waals surface area contributed by atoms with Crippen molar-refractivity contribution in [1.29, 1.82) is 0 Å². The van der Waals surface area contributed by atoms with Crippen molar-refractivity contribution in [3.8, 4) is 5.75 Å². The van der Waals surface area contributed by atoms with Crippen LogP contribution in [0.3, 0.4) is 0 Å². The lowest BCUT2D eigenvalue weighted by atomic mass is 10.2. The molecule has 1 fully saturated rings. The monoisotopic (exact) mass is 259 g/mol. The Balaban J connectivity index is 0.000000199. The van der Waals surface area contributed by atoms with Gasteiger partial charge in [-0.2, -0.15) is 8.78 Å². The minimum Gasteiger partial charge on any atom is -0.435 e. The van der Waals surface area contributed by atoms with E-state index < -0.39 is 6.61 Å². The second-order valence-electron chi connectivity index (χ2n) is 3.60. The summed E-state index contributed by atoms with van der Waals surface area (Å²) in [4.78, 5) is 10.2. The SMILES string of the molecule is Cc1cccc(OC(F)F)c1.O=C1COCCN1. The van der Waals surface area contributed by atoms with Crippen LogP contribution in [0, 0.1) is 6.92 Å². The molecule has 0 aromatic heterocycles. The lowest BCUT2D eigenvalue weighted by Gasteiger charge is -2.10. The Labute approximate surface area is 104 Å². The van der Waals surface area contributed by atoms with Crippen molar-refractivity contribution in [3.05, 3.63) is 29.8 Å². The number of halogens is 2. The number of nitrogens with one attached hydrogen (secondary N) is 1. The predicted molar refractivity (Wildman–Crippen MR) is 61.6 cm³/mol. The van der Waals surface area contributed by atoms with E-state index in [0.29, 0.717) is 13.2 Å². The summed E-state index contributed by atoms with van der Waals surface area (Å²) in [6.45, 7) is 0.639. The Morgan fingerprint density at radius 3 is 2.67 bits per heavy atom. The van der Waals surface area contributed by atoms with Crippen molar-refractivity contribution < 1.29 is 23.0 Å². The van der Waals surface area contributed by atoms with Crippen LogP contribution in [-0.4, -0.2) is 32.3 Å². The van der Waals surface area contributed by atoms with Crippen LogP contribution in [-0.2, 0) is 9.53 Å². The summed E-state index contributed by atoms with van der Waals surface area (Å²) < 4.78 is 32.2. The highest BCUT2D eigenvalue weighted by Crippen LogP contribution is 2.14. The van der Waals surface area contributed by atoms with Gasteiger partial charge in [-0.25, -0.2) is 0 Å². The molecule has 1 saturated heterocycles. The van der Waals surface area contributed by atoms with Crippen LogP contribution >= 0.6 is 0 Å². The van der Waals surface area contributed by atoms with E-state index in [-0.39, 0.29) is 18.3 Å². The van der Waals surface area contributed by atoms with E-state index in [1.165, 1.54) is 6.07 Å². The molecule has 1 N–H and O–H groups in total. The number of ether oxygens (including phenoxy) is 2. The Kier molecular flexibility index (Phi) is 6.07. The Bertz CT molecular complexity index is 377. The van der Waals surface area contributed by atoms with Crippen molar-refractivity contribution in [2.45, 2.75) is 13.5 Å². The van der Waals surface area contributed by atoms with Gasteiger partial charge >= 0.3 is 6.61 Å².